The number of hydrogen-bond acceptors (Lipinski definition) is 4. The zero-order valence-corrected chi connectivity index (χ0v) is 14.6. The quantitative estimate of drug-likeness (QED) is 0.833. The van der Waals surface area contributed by atoms with Gasteiger partial charge < -0.3 is 10.0 Å². The van der Waals surface area contributed by atoms with Gasteiger partial charge in [0.05, 0.1) is 4.90 Å². The molecule has 1 atom stereocenters. The fourth-order valence-corrected chi connectivity index (χ4v) is 4.44. The minimum Gasteiger partial charge on any atom is -0.480 e. The Labute approximate surface area is 141 Å². The largest absolute Gasteiger partial charge is 0.480 e. The lowest BCUT2D eigenvalue weighted by Crippen LogP contribution is -2.40. The van der Waals surface area contributed by atoms with Crippen molar-refractivity contribution in [2.45, 2.75) is 37.6 Å². The second kappa shape index (κ2) is 7.31. The number of nitrogens with zero attached hydrogens (tertiary/aromatic N) is 2. The van der Waals surface area contributed by atoms with Gasteiger partial charge >= 0.3 is 5.97 Å². The Hall–Kier alpha value is -1.93. The Balaban J connectivity index is 2.34. The summed E-state index contributed by atoms with van der Waals surface area (Å²) in [5.41, 5.74) is 0.191. The molecule has 0 spiro atoms. The Bertz CT molecular complexity index is 728. The third-order valence-electron chi connectivity index (χ3n) is 4.22. The van der Waals surface area contributed by atoms with Crippen LogP contribution >= 0.6 is 0 Å². The topological polar surface area (TPSA) is 95.0 Å². The van der Waals surface area contributed by atoms with Crippen LogP contribution in [0.5, 0.6) is 0 Å². The molecule has 8 heteroatoms. The van der Waals surface area contributed by atoms with Crippen LogP contribution in [0, 0.1) is 0 Å². The minimum atomic E-state index is -3.66. The molecule has 1 aromatic carbocycles. The predicted molar refractivity (Wildman–Crippen MR) is 88.2 cm³/mol. The number of sulfonamides is 1. The molecule has 1 aliphatic heterocycles. The summed E-state index contributed by atoms with van der Waals surface area (Å²) < 4.78 is 26.5. The van der Waals surface area contributed by atoms with Crippen LogP contribution in [0.25, 0.3) is 0 Å². The van der Waals surface area contributed by atoms with Crippen LogP contribution in [-0.4, -0.2) is 60.3 Å². The molecule has 0 unspecified atom stereocenters. The number of carbonyl (C=O) groups is 2. The lowest BCUT2D eigenvalue weighted by molar-refractivity contribution is -0.141. The Morgan fingerprint density at radius 3 is 2.54 bits per heavy atom. The highest BCUT2D eigenvalue weighted by Gasteiger charge is 2.34. The van der Waals surface area contributed by atoms with Gasteiger partial charge in [-0.15, -0.1) is 0 Å². The highest BCUT2D eigenvalue weighted by Crippen LogP contribution is 2.22. The summed E-state index contributed by atoms with van der Waals surface area (Å²) in [6, 6.07) is 4.95. The summed E-state index contributed by atoms with van der Waals surface area (Å²) >= 11 is 0. The summed E-state index contributed by atoms with van der Waals surface area (Å²) in [6.45, 7) is 4.53. The van der Waals surface area contributed by atoms with Gasteiger partial charge in [0.1, 0.15) is 6.04 Å². The molecule has 1 aliphatic rings. The highest BCUT2D eigenvalue weighted by atomic mass is 32.2. The van der Waals surface area contributed by atoms with E-state index in [0.717, 1.165) is 0 Å². The molecule has 0 aliphatic carbocycles. The van der Waals surface area contributed by atoms with Crippen molar-refractivity contribution >= 4 is 21.9 Å². The smallest absolute Gasteiger partial charge is 0.326 e. The number of rotatable bonds is 6. The Morgan fingerprint density at radius 2 is 1.96 bits per heavy atom. The molecule has 1 heterocycles. The number of carboxylic acid groups (broad SMARTS) is 1. The van der Waals surface area contributed by atoms with Gasteiger partial charge in [-0.05, 0) is 31.0 Å². The van der Waals surface area contributed by atoms with Crippen molar-refractivity contribution < 1.29 is 23.1 Å². The van der Waals surface area contributed by atoms with Crippen molar-refractivity contribution in [3.63, 3.8) is 0 Å². The van der Waals surface area contributed by atoms with Crippen molar-refractivity contribution in [1.29, 1.82) is 0 Å². The van der Waals surface area contributed by atoms with Crippen LogP contribution < -0.4 is 0 Å². The maximum Gasteiger partial charge on any atom is 0.326 e. The molecule has 1 N–H and O–H groups in total. The standard InChI is InChI=1S/C16H22N2O5S/c1-3-17(4-2)24(22,23)13-8-5-7-12(11-13)15(19)18-10-6-9-14(18)16(20)21/h5,7-8,11,14H,3-4,6,9-10H2,1-2H3,(H,20,21)/t14-/m1/s1. The fourth-order valence-electron chi connectivity index (χ4n) is 2.93. The van der Waals surface area contributed by atoms with Crippen LogP contribution in [0.4, 0.5) is 0 Å². The Kier molecular flexibility index (Phi) is 5.61. The van der Waals surface area contributed by atoms with Crippen LogP contribution in [-0.2, 0) is 14.8 Å². The van der Waals surface area contributed by atoms with Gasteiger partial charge in [0, 0.05) is 25.2 Å². The molecule has 1 aromatic rings. The number of carboxylic acids is 1. The summed E-state index contributed by atoms with van der Waals surface area (Å²) in [5, 5.41) is 9.20. The van der Waals surface area contributed by atoms with Crippen molar-refractivity contribution in [3.8, 4) is 0 Å². The van der Waals surface area contributed by atoms with Gasteiger partial charge in [0.2, 0.25) is 10.0 Å². The van der Waals surface area contributed by atoms with E-state index in [1.54, 1.807) is 13.8 Å². The first-order chi connectivity index (χ1) is 11.3. The van der Waals surface area contributed by atoms with Crippen LogP contribution in [0.1, 0.15) is 37.0 Å². The molecule has 1 amide bonds. The second-order valence-corrected chi connectivity index (χ2v) is 7.55. The maximum absolute atomic E-state index is 12.6. The molecule has 7 nitrogen and oxygen atoms in total. The van der Waals surface area contributed by atoms with E-state index in [0.29, 0.717) is 32.5 Å². The molecule has 1 saturated heterocycles. The molecular weight excluding hydrogens is 332 g/mol. The van der Waals surface area contributed by atoms with Crippen LogP contribution in [0.2, 0.25) is 0 Å². The third-order valence-corrected chi connectivity index (χ3v) is 6.27. The van der Waals surface area contributed by atoms with Crippen molar-refractivity contribution in [3.05, 3.63) is 29.8 Å². The summed E-state index contributed by atoms with van der Waals surface area (Å²) in [4.78, 5) is 25.2. The summed E-state index contributed by atoms with van der Waals surface area (Å²) in [7, 11) is -3.66. The first kappa shape index (κ1) is 18.4. The number of amides is 1. The van der Waals surface area contributed by atoms with E-state index in [1.807, 2.05) is 0 Å². The van der Waals surface area contributed by atoms with E-state index in [1.165, 1.54) is 33.5 Å². The zero-order valence-electron chi connectivity index (χ0n) is 13.8. The van der Waals surface area contributed by atoms with Gasteiger partial charge in [0.15, 0.2) is 0 Å². The molecule has 1 fully saturated rings. The number of hydrogen-bond donors (Lipinski definition) is 1. The monoisotopic (exact) mass is 354 g/mol. The number of benzene rings is 1. The highest BCUT2D eigenvalue weighted by molar-refractivity contribution is 7.89. The van der Waals surface area contributed by atoms with Crippen molar-refractivity contribution in [2.24, 2.45) is 0 Å². The van der Waals surface area contributed by atoms with Gasteiger partial charge in [-0.25, -0.2) is 13.2 Å². The normalized spacial score (nSPS) is 18.1. The minimum absolute atomic E-state index is 0.0446. The number of carbonyl (C=O) groups excluding carboxylic acids is 1. The third kappa shape index (κ3) is 3.44. The predicted octanol–water partition coefficient (Wildman–Crippen LogP) is 1.41. The molecule has 24 heavy (non-hydrogen) atoms. The van der Waals surface area contributed by atoms with Crippen LogP contribution in [0.15, 0.2) is 29.2 Å². The summed E-state index contributed by atoms with van der Waals surface area (Å²) in [5.74, 6) is -1.48. The van der Waals surface area contributed by atoms with Crippen molar-refractivity contribution in [1.82, 2.24) is 9.21 Å². The average Bonchev–Trinajstić information content (AvgIpc) is 3.05. The number of aliphatic carboxylic acids is 1. The SMILES string of the molecule is CCN(CC)S(=O)(=O)c1cccc(C(=O)N2CCC[C@@H]2C(=O)O)c1. The van der Waals surface area contributed by atoms with E-state index >= 15 is 0 Å². The molecule has 132 valence electrons. The molecule has 0 bridgehead atoms. The number of likely N-dealkylation sites (tertiary alicyclic amines) is 1. The molecular formula is C16H22N2O5S. The molecule has 0 radical (unpaired) electrons. The van der Waals surface area contributed by atoms with E-state index in [9.17, 15) is 23.1 Å². The molecule has 0 aromatic heterocycles. The zero-order chi connectivity index (χ0) is 17.9. The van der Waals surface area contributed by atoms with Crippen molar-refractivity contribution in [2.75, 3.05) is 19.6 Å². The molecule has 0 saturated carbocycles. The Morgan fingerprint density at radius 1 is 1.29 bits per heavy atom. The maximum atomic E-state index is 12.6. The van der Waals surface area contributed by atoms with E-state index in [4.69, 9.17) is 0 Å². The van der Waals surface area contributed by atoms with Gasteiger partial charge in [-0.1, -0.05) is 19.9 Å². The van der Waals surface area contributed by atoms with Gasteiger partial charge in [0.25, 0.3) is 5.91 Å². The van der Waals surface area contributed by atoms with Crippen LogP contribution in [0.3, 0.4) is 0 Å². The lowest BCUT2D eigenvalue weighted by atomic mass is 10.1. The average molecular weight is 354 g/mol. The lowest BCUT2D eigenvalue weighted by Gasteiger charge is -2.22. The van der Waals surface area contributed by atoms with E-state index < -0.39 is 27.9 Å². The second-order valence-electron chi connectivity index (χ2n) is 5.61. The summed E-state index contributed by atoms with van der Waals surface area (Å²) in [6.07, 6.45) is 1.04. The van der Waals surface area contributed by atoms with E-state index in [2.05, 4.69) is 0 Å². The van der Waals surface area contributed by atoms with Gasteiger partial charge in [-0.3, -0.25) is 4.79 Å². The van der Waals surface area contributed by atoms with E-state index in [-0.39, 0.29) is 10.5 Å². The molecule has 2 rings (SSSR count). The van der Waals surface area contributed by atoms with Gasteiger partial charge in [-0.2, -0.15) is 4.31 Å². The first-order valence-corrected chi connectivity index (χ1v) is 9.40. The fraction of sp³-hybridized carbons (Fsp3) is 0.500. The first-order valence-electron chi connectivity index (χ1n) is 7.96.